The number of amides is 2. The van der Waals surface area contributed by atoms with Gasteiger partial charge in [-0.15, -0.1) is 0 Å². The first-order chi connectivity index (χ1) is 18.0. The summed E-state index contributed by atoms with van der Waals surface area (Å²) in [6.07, 6.45) is 6.71. The molecule has 0 aliphatic heterocycles. The van der Waals surface area contributed by atoms with Gasteiger partial charge in [-0.2, -0.15) is 0 Å². The van der Waals surface area contributed by atoms with Crippen molar-refractivity contribution in [3.63, 3.8) is 0 Å². The predicted molar refractivity (Wildman–Crippen MR) is 151 cm³/mol. The number of carbonyl (C=O) groups excluding carboxylic acids is 2. The lowest BCUT2D eigenvalue weighted by Gasteiger charge is -2.34. The minimum Gasteiger partial charge on any atom is -0.497 e. The van der Waals surface area contributed by atoms with Gasteiger partial charge in [0.15, 0.2) is 0 Å². The third-order valence-electron chi connectivity index (χ3n) is 7.22. The van der Waals surface area contributed by atoms with Crippen molar-refractivity contribution in [1.82, 2.24) is 10.2 Å². The fourth-order valence-corrected chi connectivity index (χ4v) is 6.13. The SMILES string of the molecule is CC[C@H](C(=O)NC1CCCCC1)N(Cc1ccc(OC)cc1)C(=O)CN(c1c(C)cccc1C)S(C)(=O)=O. The normalized spacial score (nSPS) is 15.0. The topological polar surface area (TPSA) is 96.0 Å². The molecule has 1 aliphatic rings. The van der Waals surface area contributed by atoms with E-state index in [1.165, 1.54) is 11.3 Å². The van der Waals surface area contributed by atoms with E-state index < -0.39 is 28.5 Å². The van der Waals surface area contributed by atoms with Crippen LogP contribution < -0.4 is 14.4 Å². The minimum absolute atomic E-state index is 0.102. The number of ether oxygens (including phenoxy) is 1. The van der Waals surface area contributed by atoms with E-state index in [4.69, 9.17) is 4.74 Å². The molecule has 1 aliphatic carbocycles. The second-order valence-electron chi connectivity index (χ2n) is 10.1. The number of nitrogens with one attached hydrogen (secondary N) is 1. The molecule has 0 unspecified atom stereocenters. The maximum absolute atomic E-state index is 13.9. The molecule has 0 heterocycles. The number of sulfonamides is 1. The molecule has 0 saturated heterocycles. The monoisotopic (exact) mass is 543 g/mol. The van der Waals surface area contributed by atoms with Gasteiger partial charge in [-0.1, -0.05) is 56.5 Å². The van der Waals surface area contributed by atoms with E-state index in [2.05, 4.69) is 5.32 Å². The fourth-order valence-electron chi connectivity index (χ4n) is 5.17. The molecule has 8 nitrogen and oxygen atoms in total. The molecule has 9 heteroatoms. The third kappa shape index (κ3) is 7.49. The molecule has 3 rings (SSSR count). The Bertz CT molecular complexity index is 1190. The van der Waals surface area contributed by atoms with Crippen LogP contribution in [-0.4, -0.2) is 57.1 Å². The Kier molecular flexibility index (Phi) is 10.2. The first-order valence-corrected chi connectivity index (χ1v) is 15.2. The number of nitrogens with zero attached hydrogens (tertiary/aromatic N) is 2. The largest absolute Gasteiger partial charge is 0.497 e. The van der Waals surface area contributed by atoms with Crippen molar-refractivity contribution in [2.24, 2.45) is 0 Å². The van der Waals surface area contributed by atoms with Crippen LogP contribution in [0.2, 0.25) is 0 Å². The number of benzene rings is 2. The molecule has 2 aromatic carbocycles. The number of anilines is 1. The smallest absolute Gasteiger partial charge is 0.244 e. The van der Waals surface area contributed by atoms with Crippen LogP contribution in [0.5, 0.6) is 5.75 Å². The molecule has 1 atom stereocenters. The Labute approximate surface area is 227 Å². The maximum Gasteiger partial charge on any atom is 0.244 e. The number of carbonyl (C=O) groups is 2. The molecule has 0 radical (unpaired) electrons. The average Bonchev–Trinajstić information content (AvgIpc) is 2.88. The summed E-state index contributed by atoms with van der Waals surface area (Å²) in [7, 11) is -2.20. The first-order valence-electron chi connectivity index (χ1n) is 13.3. The van der Waals surface area contributed by atoms with Crippen molar-refractivity contribution in [3.8, 4) is 5.75 Å². The van der Waals surface area contributed by atoms with Crippen molar-refractivity contribution >= 4 is 27.5 Å². The molecule has 1 fully saturated rings. The summed E-state index contributed by atoms with van der Waals surface area (Å²) in [4.78, 5) is 28.9. The van der Waals surface area contributed by atoms with Gasteiger partial charge in [0.25, 0.3) is 0 Å². The molecular formula is C29H41N3O5S. The van der Waals surface area contributed by atoms with E-state index in [0.29, 0.717) is 17.9 Å². The summed E-state index contributed by atoms with van der Waals surface area (Å²) >= 11 is 0. The van der Waals surface area contributed by atoms with Gasteiger partial charge in [-0.3, -0.25) is 13.9 Å². The summed E-state index contributed by atoms with van der Waals surface area (Å²) in [5.41, 5.74) is 2.83. The van der Waals surface area contributed by atoms with Gasteiger partial charge in [0.1, 0.15) is 18.3 Å². The van der Waals surface area contributed by atoms with E-state index >= 15 is 0 Å². The van der Waals surface area contributed by atoms with Crippen LogP contribution in [0, 0.1) is 13.8 Å². The van der Waals surface area contributed by atoms with Crippen LogP contribution in [0.15, 0.2) is 42.5 Å². The van der Waals surface area contributed by atoms with Crippen molar-refractivity contribution in [2.75, 3.05) is 24.2 Å². The number of rotatable bonds is 11. The van der Waals surface area contributed by atoms with E-state index in [1.807, 2.05) is 51.1 Å². The molecular weight excluding hydrogens is 502 g/mol. The zero-order chi connectivity index (χ0) is 27.9. The summed E-state index contributed by atoms with van der Waals surface area (Å²) in [5.74, 6) is 0.0609. The Morgan fingerprint density at radius 3 is 2.16 bits per heavy atom. The molecule has 1 saturated carbocycles. The number of hydrogen-bond donors (Lipinski definition) is 1. The zero-order valence-corrected chi connectivity index (χ0v) is 24.0. The van der Waals surface area contributed by atoms with E-state index in [1.54, 1.807) is 19.2 Å². The highest BCUT2D eigenvalue weighted by molar-refractivity contribution is 7.92. The molecule has 2 aromatic rings. The van der Waals surface area contributed by atoms with Crippen LogP contribution in [-0.2, 0) is 26.2 Å². The van der Waals surface area contributed by atoms with Gasteiger partial charge >= 0.3 is 0 Å². The van der Waals surface area contributed by atoms with Crippen molar-refractivity contribution in [1.29, 1.82) is 0 Å². The van der Waals surface area contributed by atoms with Gasteiger partial charge < -0.3 is 15.0 Å². The van der Waals surface area contributed by atoms with Crippen LogP contribution in [0.25, 0.3) is 0 Å². The summed E-state index contributed by atoms with van der Waals surface area (Å²) in [6.45, 7) is 5.30. The predicted octanol–water partition coefficient (Wildman–Crippen LogP) is 4.33. The molecule has 1 N–H and O–H groups in total. The van der Waals surface area contributed by atoms with Crippen molar-refractivity contribution < 1.29 is 22.7 Å². The first kappa shape index (κ1) is 29.5. The Morgan fingerprint density at radius 1 is 1.03 bits per heavy atom. The standard InChI is InChI=1S/C29H41N3O5S/c1-6-26(29(34)30-24-13-8-7-9-14-24)31(19-23-15-17-25(37-4)18-16-23)27(33)20-32(38(5,35)36)28-21(2)11-10-12-22(28)3/h10-12,15-18,24,26H,6-9,13-14,19-20H2,1-5H3,(H,30,34)/t26-/m1/s1. The van der Waals surface area contributed by atoms with Crippen LogP contribution in [0.4, 0.5) is 5.69 Å². The average molecular weight is 544 g/mol. The number of para-hydroxylation sites is 1. The second-order valence-corrected chi connectivity index (χ2v) is 12.1. The summed E-state index contributed by atoms with van der Waals surface area (Å²) in [6, 6.07) is 12.2. The van der Waals surface area contributed by atoms with Gasteiger partial charge in [0.05, 0.1) is 19.1 Å². The number of methoxy groups -OCH3 is 1. The fraction of sp³-hybridized carbons (Fsp3) is 0.517. The van der Waals surface area contributed by atoms with E-state index in [9.17, 15) is 18.0 Å². The Morgan fingerprint density at radius 2 is 1.63 bits per heavy atom. The van der Waals surface area contributed by atoms with Gasteiger partial charge in [0.2, 0.25) is 21.8 Å². The molecule has 0 aromatic heterocycles. The molecule has 2 amide bonds. The van der Waals surface area contributed by atoms with Gasteiger partial charge in [0, 0.05) is 12.6 Å². The van der Waals surface area contributed by atoms with Crippen LogP contribution in [0.1, 0.15) is 62.1 Å². The number of hydrogen-bond acceptors (Lipinski definition) is 5. The highest BCUT2D eigenvalue weighted by atomic mass is 32.2. The second kappa shape index (κ2) is 13.1. The lowest BCUT2D eigenvalue weighted by atomic mass is 9.95. The molecule has 0 spiro atoms. The molecule has 0 bridgehead atoms. The van der Waals surface area contributed by atoms with E-state index in [0.717, 1.165) is 52.9 Å². The summed E-state index contributed by atoms with van der Waals surface area (Å²) < 4.78 is 32.3. The van der Waals surface area contributed by atoms with Crippen LogP contribution >= 0.6 is 0 Å². The van der Waals surface area contributed by atoms with Gasteiger partial charge in [-0.25, -0.2) is 8.42 Å². The lowest BCUT2D eigenvalue weighted by Crippen LogP contribution is -2.54. The van der Waals surface area contributed by atoms with Crippen molar-refractivity contribution in [2.45, 2.75) is 77.9 Å². The number of aryl methyl sites for hydroxylation is 2. The minimum atomic E-state index is -3.78. The van der Waals surface area contributed by atoms with E-state index in [-0.39, 0.29) is 18.5 Å². The van der Waals surface area contributed by atoms with Crippen molar-refractivity contribution in [3.05, 3.63) is 59.2 Å². The highest BCUT2D eigenvalue weighted by Crippen LogP contribution is 2.27. The third-order valence-corrected chi connectivity index (χ3v) is 8.33. The summed E-state index contributed by atoms with van der Waals surface area (Å²) in [5, 5.41) is 3.16. The highest BCUT2D eigenvalue weighted by Gasteiger charge is 2.33. The Balaban J connectivity index is 1.95. The molecule has 208 valence electrons. The maximum atomic E-state index is 13.9. The van der Waals surface area contributed by atoms with Crippen LogP contribution in [0.3, 0.4) is 0 Å². The zero-order valence-electron chi connectivity index (χ0n) is 23.2. The Hall–Kier alpha value is -3.07. The van der Waals surface area contributed by atoms with Gasteiger partial charge in [-0.05, 0) is 61.9 Å². The molecule has 38 heavy (non-hydrogen) atoms. The quantitative estimate of drug-likeness (QED) is 0.455. The lowest BCUT2D eigenvalue weighted by molar-refractivity contribution is -0.140.